The lowest BCUT2D eigenvalue weighted by molar-refractivity contribution is -0.169. The highest BCUT2D eigenvalue weighted by atomic mass is 32.2. The van der Waals surface area contributed by atoms with E-state index < -0.39 is 54.2 Å². The number of ether oxygens (including phenoxy) is 3. The van der Waals surface area contributed by atoms with E-state index in [-0.39, 0.29) is 34.6 Å². The predicted molar refractivity (Wildman–Crippen MR) is 150 cm³/mol. The van der Waals surface area contributed by atoms with Crippen molar-refractivity contribution in [3.63, 3.8) is 0 Å². The van der Waals surface area contributed by atoms with Gasteiger partial charge in [0.15, 0.2) is 10.8 Å². The normalized spacial score (nSPS) is 19.4. The number of esters is 1. The number of oxime groups is 2. The standard InChI is InChI=1S/C24H28F2N6O9S2/c1-11(2)39-24(36)41-12(3)40-22(35)18-13(6-5-7-38-28-8-15(25)26)9-42-21-17(20(34)32(18)21)30-19(33)16(31-37-4)14-10-43-23(27)29-14/h5-6,8,10-12,15,17,21H,7,9H2,1-4H3,(H2,27,29)(H,30,33)/b6-5-,28-8?,31-16-/t12?,17-,21-/m1/s1. The van der Waals surface area contributed by atoms with Crippen molar-refractivity contribution in [3.05, 3.63) is 34.5 Å². The smallest absolute Gasteiger partial charge is 0.431 e. The van der Waals surface area contributed by atoms with E-state index in [2.05, 4.69) is 20.6 Å². The van der Waals surface area contributed by atoms with Crippen LogP contribution in [0.3, 0.4) is 0 Å². The van der Waals surface area contributed by atoms with Gasteiger partial charge in [-0.3, -0.25) is 14.5 Å². The number of nitrogens with two attached hydrogens (primary N) is 1. The van der Waals surface area contributed by atoms with Crippen LogP contribution in [0.2, 0.25) is 0 Å². The third-order valence-corrected chi connectivity index (χ3v) is 7.22. The number of thiazole rings is 1. The second kappa shape index (κ2) is 15.3. The summed E-state index contributed by atoms with van der Waals surface area (Å²) in [4.78, 5) is 66.0. The van der Waals surface area contributed by atoms with Crippen molar-refractivity contribution in [1.82, 2.24) is 15.2 Å². The number of aromatic nitrogens is 1. The van der Waals surface area contributed by atoms with Crippen LogP contribution in [0.4, 0.5) is 18.7 Å². The van der Waals surface area contributed by atoms with Crippen LogP contribution in [0.1, 0.15) is 26.5 Å². The molecule has 0 bridgehead atoms. The Kier molecular flexibility index (Phi) is 11.8. The summed E-state index contributed by atoms with van der Waals surface area (Å²) < 4.78 is 39.4. The van der Waals surface area contributed by atoms with Gasteiger partial charge in [-0.05, 0) is 25.5 Å². The molecule has 2 amide bonds. The Morgan fingerprint density at radius 1 is 1.26 bits per heavy atom. The summed E-state index contributed by atoms with van der Waals surface area (Å²) >= 11 is 2.30. The first-order valence-electron chi connectivity index (χ1n) is 12.4. The highest BCUT2D eigenvalue weighted by Gasteiger charge is 2.54. The summed E-state index contributed by atoms with van der Waals surface area (Å²) in [5, 5.41) is 10.3. The minimum absolute atomic E-state index is 0.142. The zero-order valence-electron chi connectivity index (χ0n) is 23.2. The number of anilines is 1. The molecule has 2 aliphatic rings. The number of hydrogen-bond acceptors (Lipinski definition) is 15. The quantitative estimate of drug-likeness (QED) is 0.0792. The highest BCUT2D eigenvalue weighted by molar-refractivity contribution is 8.00. The average molecular weight is 647 g/mol. The average Bonchev–Trinajstić information content (AvgIpc) is 3.36. The topological polar surface area (TPSA) is 193 Å². The summed E-state index contributed by atoms with van der Waals surface area (Å²) in [6.45, 7) is 4.26. The summed E-state index contributed by atoms with van der Waals surface area (Å²) in [6.07, 6.45) is -2.59. The maximum atomic E-state index is 13.3. The lowest BCUT2D eigenvalue weighted by atomic mass is 10.0. The van der Waals surface area contributed by atoms with Gasteiger partial charge in [0, 0.05) is 18.1 Å². The molecule has 15 nitrogen and oxygen atoms in total. The lowest BCUT2D eigenvalue weighted by Crippen LogP contribution is -2.71. The van der Waals surface area contributed by atoms with Crippen molar-refractivity contribution in [2.45, 2.75) is 51.0 Å². The van der Waals surface area contributed by atoms with Crippen LogP contribution in [0.15, 0.2) is 39.1 Å². The third kappa shape index (κ3) is 8.87. The van der Waals surface area contributed by atoms with Crippen LogP contribution < -0.4 is 11.1 Å². The van der Waals surface area contributed by atoms with Gasteiger partial charge in [-0.1, -0.05) is 16.4 Å². The van der Waals surface area contributed by atoms with E-state index in [9.17, 15) is 28.0 Å². The van der Waals surface area contributed by atoms with E-state index in [0.29, 0.717) is 11.8 Å². The molecule has 3 heterocycles. The Balaban J connectivity index is 1.79. The number of alkyl halides is 2. The van der Waals surface area contributed by atoms with E-state index >= 15 is 0 Å². The molecule has 1 fully saturated rings. The second-order valence-corrected chi connectivity index (χ2v) is 10.7. The molecule has 43 heavy (non-hydrogen) atoms. The summed E-state index contributed by atoms with van der Waals surface area (Å²) in [7, 11) is 1.23. The predicted octanol–water partition coefficient (Wildman–Crippen LogP) is 2.00. The molecule has 2 aliphatic heterocycles. The number of hydrogen-bond donors (Lipinski definition) is 2. The fourth-order valence-electron chi connectivity index (χ4n) is 3.61. The number of carbonyl (C=O) groups is 4. The number of allylic oxidation sites excluding steroid dienone is 1. The van der Waals surface area contributed by atoms with Gasteiger partial charge < -0.3 is 34.9 Å². The van der Waals surface area contributed by atoms with Crippen LogP contribution >= 0.6 is 23.1 Å². The molecule has 1 unspecified atom stereocenters. The molecule has 1 saturated heterocycles. The van der Waals surface area contributed by atoms with E-state index in [0.717, 1.165) is 16.2 Å². The second-order valence-electron chi connectivity index (χ2n) is 8.72. The minimum atomic E-state index is -2.79. The Bertz CT molecular complexity index is 1330. The number of carbonyl (C=O) groups excluding carboxylic acids is 4. The van der Waals surface area contributed by atoms with Crippen molar-refractivity contribution >= 4 is 64.1 Å². The van der Waals surface area contributed by atoms with Crippen molar-refractivity contribution in [3.8, 4) is 0 Å². The Morgan fingerprint density at radius 2 is 2.00 bits per heavy atom. The molecule has 1 aromatic heterocycles. The van der Waals surface area contributed by atoms with Gasteiger partial charge in [0.25, 0.3) is 18.2 Å². The van der Waals surface area contributed by atoms with Crippen molar-refractivity contribution < 1.29 is 51.8 Å². The fraction of sp³-hybridized carbons (Fsp3) is 0.458. The number of nitrogens with one attached hydrogen (secondary N) is 1. The molecule has 1 aromatic rings. The zero-order chi connectivity index (χ0) is 31.7. The van der Waals surface area contributed by atoms with Gasteiger partial charge in [0.2, 0.25) is 6.29 Å². The van der Waals surface area contributed by atoms with E-state index in [1.165, 1.54) is 43.3 Å². The van der Waals surface area contributed by atoms with E-state index in [1.807, 2.05) is 0 Å². The SMILES string of the molecule is CO/N=C(\C(=O)N[C@@H]1C(=O)N2C(C(=O)OC(C)OC(=O)OC(C)C)=C(/C=C\CON=CC(F)F)CS[C@H]12)c1csc(N)n1. The maximum absolute atomic E-state index is 13.3. The summed E-state index contributed by atoms with van der Waals surface area (Å²) in [5.41, 5.74) is 5.71. The van der Waals surface area contributed by atoms with Crippen molar-refractivity contribution in [2.75, 3.05) is 25.2 Å². The third-order valence-electron chi connectivity index (χ3n) is 5.24. The Labute approximate surface area is 252 Å². The van der Waals surface area contributed by atoms with Gasteiger partial charge in [-0.25, -0.2) is 23.4 Å². The molecule has 234 valence electrons. The first-order chi connectivity index (χ1) is 20.4. The van der Waals surface area contributed by atoms with Gasteiger partial charge >= 0.3 is 12.1 Å². The minimum Gasteiger partial charge on any atom is -0.431 e. The first kappa shape index (κ1) is 33.2. The molecule has 19 heteroatoms. The van der Waals surface area contributed by atoms with Crippen LogP contribution in [0, 0.1) is 0 Å². The van der Waals surface area contributed by atoms with Crippen molar-refractivity contribution in [2.24, 2.45) is 10.3 Å². The number of nitrogen functional groups attached to an aromatic ring is 1. The van der Waals surface area contributed by atoms with Crippen molar-refractivity contribution in [1.29, 1.82) is 0 Å². The molecule has 0 saturated carbocycles. The van der Waals surface area contributed by atoms with Gasteiger partial charge in [-0.15, -0.1) is 23.1 Å². The van der Waals surface area contributed by atoms with Crippen LogP contribution in [0.5, 0.6) is 0 Å². The molecule has 3 atom stereocenters. The monoisotopic (exact) mass is 646 g/mol. The van der Waals surface area contributed by atoms with E-state index in [4.69, 9.17) is 29.6 Å². The molecule has 0 aliphatic carbocycles. The summed E-state index contributed by atoms with van der Waals surface area (Å²) in [6, 6.07) is -1.06. The van der Waals surface area contributed by atoms with E-state index in [1.54, 1.807) is 13.8 Å². The van der Waals surface area contributed by atoms with Gasteiger partial charge in [0.1, 0.15) is 42.7 Å². The number of amides is 2. The molecule has 3 N–H and O–H groups in total. The molecule has 0 radical (unpaired) electrons. The molecular formula is C24H28F2N6O9S2. The van der Waals surface area contributed by atoms with Gasteiger partial charge in [-0.2, -0.15) is 0 Å². The Morgan fingerprint density at radius 3 is 2.63 bits per heavy atom. The number of fused-ring (bicyclic) bond motifs is 1. The molecule has 0 aromatic carbocycles. The fourth-order valence-corrected chi connectivity index (χ4v) is 5.48. The number of thioether (sulfide) groups is 1. The number of nitrogens with zero attached hydrogens (tertiary/aromatic N) is 4. The summed E-state index contributed by atoms with van der Waals surface area (Å²) in [5.74, 6) is -2.27. The number of β-lactam (4-membered cyclic amide) rings is 1. The largest absolute Gasteiger partial charge is 0.511 e. The maximum Gasteiger partial charge on any atom is 0.511 e. The van der Waals surface area contributed by atoms with Crippen LogP contribution in [-0.4, -0.2) is 95.5 Å². The lowest BCUT2D eigenvalue weighted by Gasteiger charge is -2.49. The molecule has 0 spiro atoms. The number of rotatable bonds is 13. The van der Waals surface area contributed by atoms with Crippen LogP contribution in [0.25, 0.3) is 0 Å². The van der Waals surface area contributed by atoms with Crippen LogP contribution in [-0.2, 0) is 38.3 Å². The molecular weight excluding hydrogens is 618 g/mol. The highest BCUT2D eigenvalue weighted by Crippen LogP contribution is 2.41. The van der Waals surface area contributed by atoms with Gasteiger partial charge in [0.05, 0.1) is 6.10 Å². The first-order valence-corrected chi connectivity index (χ1v) is 14.3. The number of halogens is 2. The molecule has 3 rings (SSSR count). The Hall–Kier alpha value is -4.26. The zero-order valence-corrected chi connectivity index (χ0v) is 24.9.